The minimum Gasteiger partial charge on any atom is -0.358 e. The molecule has 0 aromatic carbocycles. The number of nitro groups is 1. The molecule has 11 heavy (non-hydrogen) atoms. The molecule has 0 unspecified atom stereocenters. The van der Waals surface area contributed by atoms with Crippen LogP contribution in [0.1, 0.15) is 5.56 Å². The molecule has 0 aliphatic carbocycles. The molecule has 0 amide bonds. The minimum absolute atomic E-state index is 0.242. The first-order chi connectivity index (χ1) is 5.24. The maximum atomic E-state index is 10.1. The fourth-order valence-electron chi connectivity index (χ4n) is 0.588. The highest BCUT2D eigenvalue weighted by molar-refractivity contribution is 5.34. The summed E-state index contributed by atoms with van der Waals surface area (Å²) in [5.41, 5.74) is 0.242. The van der Waals surface area contributed by atoms with Crippen molar-refractivity contribution in [3.63, 3.8) is 0 Å². The Morgan fingerprint density at radius 2 is 2.45 bits per heavy atom. The third-order valence-electron chi connectivity index (χ3n) is 1.06. The molecule has 0 aliphatic rings. The normalized spacial score (nSPS) is 8.64. The van der Waals surface area contributed by atoms with Gasteiger partial charge in [-0.15, -0.1) is 0 Å². The maximum absolute atomic E-state index is 10.1. The molecule has 5 heteroatoms. The molecule has 1 aromatic heterocycles. The van der Waals surface area contributed by atoms with Crippen LogP contribution in [-0.4, -0.2) is 9.91 Å². The Kier molecular flexibility index (Phi) is 1.79. The summed E-state index contributed by atoms with van der Waals surface area (Å²) in [6, 6.07) is 4.31. The lowest BCUT2D eigenvalue weighted by Crippen LogP contribution is -1.91. The van der Waals surface area contributed by atoms with Crippen molar-refractivity contribution in [3.05, 3.63) is 34.0 Å². The van der Waals surface area contributed by atoms with E-state index in [-0.39, 0.29) is 11.4 Å². The molecule has 1 heterocycles. The van der Waals surface area contributed by atoms with Gasteiger partial charge in [-0.05, 0) is 16.0 Å². The van der Waals surface area contributed by atoms with Crippen molar-refractivity contribution in [3.8, 4) is 6.07 Å². The standard InChI is InChI=1S/C6H3N3O2/c7-4-5-1-2-8-6(3-5)9(10)11/h1-3H. The van der Waals surface area contributed by atoms with Crippen LogP contribution in [-0.2, 0) is 0 Å². The number of hydrogen-bond donors (Lipinski definition) is 0. The van der Waals surface area contributed by atoms with Crippen molar-refractivity contribution in [2.45, 2.75) is 0 Å². The first-order valence-corrected chi connectivity index (χ1v) is 2.74. The van der Waals surface area contributed by atoms with Crippen molar-refractivity contribution < 1.29 is 4.92 Å². The molecular formula is C6H3N3O2. The minimum atomic E-state index is -0.638. The van der Waals surface area contributed by atoms with Gasteiger partial charge < -0.3 is 10.1 Å². The van der Waals surface area contributed by atoms with E-state index in [1.165, 1.54) is 12.3 Å². The van der Waals surface area contributed by atoms with Crippen LogP contribution < -0.4 is 0 Å². The Morgan fingerprint density at radius 1 is 1.73 bits per heavy atom. The molecule has 0 radical (unpaired) electrons. The third kappa shape index (κ3) is 1.49. The molecule has 0 N–H and O–H groups in total. The van der Waals surface area contributed by atoms with Gasteiger partial charge in [-0.1, -0.05) is 0 Å². The van der Waals surface area contributed by atoms with E-state index in [2.05, 4.69) is 4.98 Å². The smallest absolute Gasteiger partial charge is 0.358 e. The van der Waals surface area contributed by atoms with Crippen LogP contribution >= 0.6 is 0 Å². The molecule has 0 spiro atoms. The average molecular weight is 149 g/mol. The number of rotatable bonds is 1. The van der Waals surface area contributed by atoms with Gasteiger partial charge in [-0.3, -0.25) is 0 Å². The molecule has 1 aromatic rings. The summed E-state index contributed by atoms with van der Waals surface area (Å²) >= 11 is 0. The fourth-order valence-corrected chi connectivity index (χ4v) is 0.588. The van der Waals surface area contributed by atoms with Crippen molar-refractivity contribution in [1.82, 2.24) is 4.98 Å². The molecule has 0 atom stereocenters. The second-order valence-corrected chi connectivity index (χ2v) is 1.77. The quantitative estimate of drug-likeness (QED) is 0.438. The van der Waals surface area contributed by atoms with Crippen LogP contribution in [0.15, 0.2) is 18.3 Å². The largest absolute Gasteiger partial charge is 0.364 e. The lowest BCUT2D eigenvalue weighted by Gasteiger charge is -1.89. The zero-order valence-corrected chi connectivity index (χ0v) is 5.39. The van der Waals surface area contributed by atoms with Crippen molar-refractivity contribution >= 4 is 5.82 Å². The topological polar surface area (TPSA) is 79.8 Å². The van der Waals surface area contributed by atoms with Crippen LogP contribution in [0.5, 0.6) is 0 Å². The highest BCUT2D eigenvalue weighted by Crippen LogP contribution is 2.07. The van der Waals surface area contributed by atoms with E-state index >= 15 is 0 Å². The molecular weight excluding hydrogens is 146 g/mol. The zero-order valence-electron chi connectivity index (χ0n) is 5.39. The second-order valence-electron chi connectivity index (χ2n) is 1.77. The highest BCUT2D eigenvalue weighted by atomic mass is 16.6. The third-order valence-corrected chi connectivity index (χ3v) is 1.06. The van der Waals surface area contributed by atoms with Gasteiger partial charge in [0.2, 0.25) is 0 Å². The number of hydrogen-bond acceptors (Lipinski definition) is 4. The summed E-state index contributed by atoms with van der Waals surface area (Å²) < 4.78 is 0. The van der Waals surface area contributed by atoms with Crippen LogP contribution in [0.3, 0.4) is 0 Å². The van der Waals surface area contributed by atoms with E-state index in [1.54, 1.807) is 6.07 Å². The molecule has 0 saturated heterocycles. The van der Waals surface area contributed by atoms with Gasteiger partial charge in [0, 0.05) is 0 Å². The summed E-state index contributed by atoms with van der Waals surface area (Å²) in [7, 11) is 0. The molecule has 5 nitrogen and oxygen atoms in total. The number of pyridine rings is 1. The van der Waals surface area contributed by atoms with Gasteiger partial charge in [-0.25, -0.2) is 0 Å². The first kappa shape index (κ1) is 7.15. The van der Waals surface area contributed by atoms with Crippen LogP contribution in [0, 0.1) is 21.4 Å². The van der Waals surface area contributed by atoms with E-state index < -0.39 is 4.92 Å². The molecule has 0 fully saturated rings. The van der Waals surface area contributed by atoms with Crippen molar-refractivity contribution in [2.75, 3.05) is 0 Å². The van der Waals surface area contributed by atoms with Gasteiger partial charge in [0.15, 0.2) is 0 Å². The molecule has 0 bridgehead atoms. The number of nitriles is 1. The summed E-state index contributed by atoms with van der Waals surface area (Å²) in [6.07, 6.45) is 1.23. The van der Waals surface area contributed by atoms with Gasteiger partial charge in [0.25, 0.3) is 0 Å². The molecule has 54 valence electrons. The molecule has 1 rings (SSSR count). The predicted molar refractivity (Wildman–Crippen MR) is 35.6 cm³/mol. The van der Waals surface area contributed by atoms with Gasteiger partial charge in [0.1, 0.15) is 6.20 Å². The van der Waals surface area contributed by atoms with E-state index in [9.17, 15) is 10.1 Å². The monoisotopic (exact) mass is 149 g/mol. The maximum Gasteiger partial charge on any atom is 0.364 e. The van der Waals surface area contributed by atoms with E-state index in [4.69, 9.17) is 5.26 Å². The Hall–Kier alpha value is -1.96. The van der Waals surface area contributed by atoms with Gasteiger partial charge >= 0.3 is 5.82 Å². The predicted octanol–water partition coefficient (Wildman–Crippen LogP) is 0.861. The van der Waals surface area contributed by atoms with Crippen LogP contribution in [0.4, 0.5) is 5.82 Å². The fraction of sp³-hybridized carbons (Fsp3) is 0. The lowest BCUT2D eigenvalue weighted by molar-refractivity contribution is -0.389. The molecule has 0 aliphatic heterocycles. The van der Waals surface area contributed by atoms with E-state index in [1.807, 2.05) is 0 Å². The Labute approximate surface area is 62.1 Å². The van der Waals surface area contributed by atoms with E-state index in [0.717, 1.165) is 6.07 Å². The van der Waals surface area contributed by atoms with Crippen LogP contribution in [0.2, 0.25) is 0 Å². The van der Waals surface area contributed by atoms with Gasteiger partial charge in [0.05, 0.1) is 17.7 Å². The Bertz CT molecular complexity index is 329. The summed E-state index contributed by atoms with van der Waals surface area (Å²) in [4.78, 5) is 12.9. The van der Waals surface area contributed by atoms with E-state index in [0.29, 0.717) is 0 Å². The highest BCUT2D eigenvalue weighted by Gasteiger charge is 2.05. The zero-order chi connectivity index (χ0) is 8.27. The van der Waals surface area contributed by atoms with Crippen molar-refractivity contribution in [2.24, 2.45) is 0 Å². The second kappa shape index (κ2) is 2.75. The van der Waals surface area contributed by atoms with Gasteiger partial charge in [-0.2, -0.15) is 5.26 Å². The average Bonchev–Trinajstić information content (AvgIpc) is 2.05. The summed E-state index contributed by atoms with van der Waals surface area (Å²) in [5.74, 6) is -0.302. The number of aromatic nitrogens is 1. The summed E-state index contributed by atoms with van der Waals surface area (Å²) in [6.45, 7) is 0. The summed E-state index contributed by atoms with van der Waals surface area (Å²) in [5, 5.41) is 18.4. The number of nitrogens with zero attached hydrogens (tertiary/aromatic N) is 3. The first-order valence-electron chi connectivity index (χ1n) is 2.74. The Balaban J connectivity index is 3.13. The van der Waals surface area contributed by atoms with Crippen LogP contribution in [0.25, 0.3) is 0 Å². The van der Waals surface area contributed by atoms with Crippen molar-refractivity contribution in [1.29, 1.82) is 5.26 Å². The SMILES string of the molecule is N#Cc1ccnc([N+](=O)[O-])c1. The Morgan fingerprint density at radius 3 is 3.00 bits per heavy atom. The molecule has 0 saturated carbocycles. The lowest BCUT2D eigenvalue weighted by atomic mass is 10.3.